The van der Waals surface area contributed by atoms with Crippen molar-refractivity contribution in [3.63, 3.8) is 0 Å². The van der Waals surface area contributed by atoms with E-state index < -0.39 is 0 Å². The Hall–Kier alpha value is -2.57. The summed E-state index contributed by atoms with van der Waals surface area (Å²) in [4.78, 5) is 31.3. The van der Waals surface area contributed by atoms with Gasteiger partial charge in [0.2, 0.25) is 0 Å². The second kappa shape index (κ2) is 7.76. The summed E-state index contributed by atoms with van der Waals surface area (Å²) in [6, 6.07) is 7.84. The molecule has 0 bridgehead atoms. The summed E-state index contributed by atoms with van der Waals surface area (Å²) in [6.45, 7) is 5.44. The number of urea groups is 1. The Kier molecular flexibility index (Phi) is 5.44. The van der Waals surface area contributed by atoms with Gasteiger partial charge < -0.3 is 20.1 Å². The van der Waals surface area contributed by atoms with Crippen LogP contribution < -0.4 is 21.1 Å². The third-order valence-corrected chi connectivity index (χ3v) is 5.08. The van der Waals surface area contributed by atoms with Crippen molar-refractivity contribution in [1.29, 1.82) is 0 Å². The molecule has 3 rings (SSSR count). The highest BCUT2D eigenvalue weighted by atomic mass is 16.2. The van der Waals surface area contributed by atoms with Gasteiger partial charge in [0.15, 0.2) is 5.82 Å². The molecule has 0 aliphatic carbocycles. The van der Waals surface area contributed by atoms with Crippen molar-refractivity contribution in [3.8, 4) is 0 Å². The van der Waals surface area contributed by atoms with E-state index in [4.69, 9.17) is 0 Å². The van der Waals surface area contributed by atoms with Gasteiger partial charge in [-0.1, -0.05) is 19.1 Å². The highest BCUT2D eigenvalue weighted by Gasteiger charge is 2.24. The Bertz CT molecular complexity index is 839. The monoisotopic (exact) mass is 357 g/mol. The Balaban J connectivity index is 1.67. The summed E-state index contributed by atoms with van der Waals surface area (Å²) >= 11 is 0. The van der Waals surface area contributed by atoms with E-state index in [0.29, 0.717) is 18.9 Å². The Morgan fingerprint density at radius 1 is 1.31 bits per heavy atom. The van der Waals surface area contributed by atoms with E-state index in [1.54, 1.807) is 11.6 Å². The lowest BCUT2D eigenvalue weighted by molar-refractivity contribution is 0.231. The minimum Gasteiger partial charge on any atom is -0.352 e. The van der Waals surface area contributed by atoms with Crippen LogP contribution >= 0.6 is 0 Å². The minimum absolute atomic E-state index is 0.0791. The first kappa shape index (κ1) is 18.2. The third kappa shape index (κ3) is 3.81. The first-order chi connectivity index (χ1) is 12.5. The van der Waals surface area contributed by atoms with E-state index in [9.17, 15) is 9.59 Å². The number of aromatic nitrogens is 2. The zero-order valence-electron chi connectivity index (χ0n) is 15.7. The Morgan fingerprint density at radius 3 is 2.69 bits per heavy atom. The molecule has 7 nitrogen and oxygen atoms in total. The second-order valence-electron chi connectivity index (χ2n) is 6.98. The van der Waals surface area contributed by atoms with Crippen molar-refractivity contribution < 1.29 is 4.79 Å². The van der Waals surface area contributed by atoms with E-state index in [-0.39, 0.29) is 23.7 Å². The predicted molar refractivity (Wildman–Crippen MR) is 104 cm³/mol. The third-order valence-electron chi connectivity index (χ3n) is 5.08. The van der Waals surface area contributed by atoms with Gasteiger partial charge in [0.1, 0.15) is 0 Å². The normalized spacial score (nSPS) is 16.5. The van der Waals surface area contributed by atoms with Gasteiger partial charge in [-0.05, 0) is 38.3 Å². The number of carbonyl (C=O) groups excluding carboxylic acids is 1. The number of hydrogen-bond donors (Lipinski definition) is 2. The average molecular weight is 357 g/mol. The molecule has 1 aliphatic heterocycles. The largest absolute Gasteiger partial charge is 0.352 e. The van der Waals surface area contributed by atoms with Crippen LogP contribution in [0.2, 0.25) is 0 Å². The summed E-state index contributed by atoms with van der Waals surface area (Å²) in [7, 11) is 1.78. The lowest BCUT2D eigenvalue weighted by atomic mass is 10.1. The highest BCUT2D eigenvalue weighted by molar-refractivity contribution is 5.76. The molecule has 0 spiro atoms. The van der Waals surface area contributed by atoms with Crippen LogP contribution in [0.15, 0.2) is 29.1 Å². The maximum absolute atomic E-state index is 12.7. The zero-order valence-corrected chi connectivity index (χ0v) is 15.7. The molecule has 2 N–H and O–H groups in total. The molecule has 1 aromatic carbocycles. The number of piperidine rings is 1. The quantitative estimate of drug-likeness (QED) is 0.877. The molecule has 7 heteroatoms. The highest BCUT2D eigenvalue weighted by Crippen LogP contribution is 2.18. The number of aryl methyl sites for hydroxylation is 1. The summed E-state index contributed by atoms with van der Waals surface area (Å²) in [6.07, 6.45) is 2.50. The smallest absolute Gasteiger partial charge is 0.315 e. The molecule has 2 aromatic rings. The number of fused-ring (bicyclic) bond motifs is 1. The van der Waals surface area contributed by atoms with E-state index in [0.717, 1.165) is 30.3 Å². The first-order valence-corrected chi connectivity index (χ1v) is 9.27. The van der Waals surface area contributed by atoms with Gasteiger partial charge in [0.05, 0.1) is 11.0 Å². The number of nitrogens with zero attached hydrogens (tertiary/aromatic N) is 3. The second-order valence-corrected chi connectivity index (χ2v) is 6.98. The molecule has 1 atom stereocenters. The fourth-order valence-electron chi connectivity index (χ4n) is 3.26. The van der Waals surface area contributed by atoms with Crippen LogP contribution in [0.4, 0.5) is 10.6 Å². The van der Waals surface area contributed by atoms with Crippen LogP contribution in [0.3, 0.4) is 0 Å². The van der Waals surface area contributed by atoms with Gasteiger partial charge in [0, 0.05) is 32.2 Å². The number of benzene rings is 1. The van der Waals surface area contributed by atoms with Crippen LogP contribution in [0, 0.1) is 0 Å². The molecule has 0 radical (unpaired) electrons. The van der Waals surface area contributed by atoms with Gasteiger partial charge in [-0.15, -0.1) is 0 Å². The van der Waals surface area contributed by atoms with Gasteiger partial charge in [-0.2, -0.15) is 0 Å². The molecule has 1 saturated heterocycles. The van der Waals surface area contributed by atoms with Crippen LogP contribution in [-0.2, 0) is 7.05 Å². The summed E-state index contributed by atoms with van der Waals surface area (Å²) in [5.41, 5.74) is 1.57. The van der Waals surface area contributed by atoms with Gasteiger partial charge in [-0.3, -0.25) is 4.79 Å². The number of carbonyl (C=O) groups is 1. The predicted octanol–water partition coefficient (Wildman–Crippen LogP) is 2.00. The van der Waals surface area contributed by atoms with Crippen molar-refractivity contribution >= 4 is 22.9 Å². The zero-order chi connectivity index (χ0) is 18.7. The molecule has 1 aromatic heterocycles. The van der Waals surface area contributed by atoms with Crippen LogP contribution in [0.1, 0.15) is 33.1 Å². The standard InChI is InChI=1S/C19H27N5O2/c1-4-13(2)20-19(26)21-14-9-11-24(12-10-14)17-18(25)23(3)16-8-6-5-7-15(16)22-17/h5-8,13-14H,4,9-12H2,1-3H3,(H2,20,21,26)/t13-/m0/s1. The summed E-state index contributed by atoms with van der Waals surface area (Å²) < 4.78 is 1.65. The number of anilines is 1. The fraction of sp³-hybridized carbons (Fsp3) is 0.526. The molecule has 1 fully saturated rings. The van der Waals surface area contributed by atoms with Gasteiger partial charge >= 0.3 is 6.03 Å². The number of amides is 2. The topological polar surface area (TPSA) is 79.3 Å². The van der Waals surface area contributed by atoms with Gasteiger partial charge in [-0.25, -0.2) is 9.78 Å². The SMILES string of the molecule is CC[C@H](C)NC(=O)NC1CCN(c2nc3ccccc3n(C)c2=O)CC1. The number of hydrogen-bond acceptors (Lipinski definition) is 4. The van der Waals surface area contributed by atoms with Crippen LogP contribution in [0.25, 0.3) is 11.0 Å². The molecule has 2 amide bonds. The van der Waals surface area contributed by atoms with E-state index in [1.807, 2.05) is 43.0 Å². The molecule has 140 valence electrons. The molecule has 0 saturated carbocycles. The lowest BCUT2D eigenvalue weighted by Gasteiger charge is -2.33. The summed E-state index contributed by atoms with van der Waals surface area (Å²) in [5.74, 6) is 0.494. The molecular weight excluding hydrogens is 330 g/mol. The Labute approximate surface area is 153 Å². The van der Waals surface area contributed by atoms with Crippen molar-refractivity contribution in [1.82, 2.24) is 20.2 Å². The maximum atomic E-state index is 12.7. The van der Waals surface area contributed by atoms with Gasteiger partial charge in [0.25, 0.3) is 5.56 Å². The number of nitrogens with one attached hydrogen (secondary N) is 2. The molecule has 0 unspecified atom stereocenters. The summed E-state index contributed by atoms with van der Waals surface area (Å²) in [5, 5.41) is 5.96. The van der Waals surface area contributed by atoms with Crippen molar-refractivity contribution in [2.45, 2.75) is 45.2 Å². The maximum Gasteiger partial charge on any atom is 0.315 e. The van der Waals surface area contributed by atoms with E-state index in [2.05, 4.69) is 15.6 Å². The molecular formula is C19H27N5O2. The van der Waals surface area contributed by atoms with Crippen LogP contribution in [0.5, 0.6) is 0 Å². The first-order valence-electron chi connectivity index (χ1n) is 9.27. The van der Waals surface area contributed by atoms with Crippen LogP contribution in [-0.4, -0.2) is 40.8 Å². The van der Waals surface area contributed by atoms with E-state index >= 15 is 0 Å². The Morgan fingerprint density at radius 2 is 2.00 bits per heavy atom. The van der Waals surface area contributed by atoms with E-state index in [1.165, 1.54) is 0 Å². The number of rotatable bonds is 4. The van der Waals surface area contributed by atoms with Crippen molar-refractivity contribution in [2.75, 3.05) is 18.0 Å². The lowest BCUT2D eigenvalue weighted by Crippen LogP contribution is -2.50. The minimum atomic E-state index is -0.113. The van der Waals surface area contributed by atoms with Crippen molar-refractivity contribution in [2.24, 2.45) is 7.05 Å². The van der Waals surface area contributed by atoms with Crippen molar-refractivity contribution in [3.05, 3.63) is 34.6 Å². The molecule has 1 aliphatic rings. The fourth-order valence-corrected chi connectivity index (χ4v) is 3.26. The number of para-hydroxylation sites is 2. The molecule has 26 heavy (non-hydrogen) atoms. The molecule has 2 heterocycles. The average Bonchev–Trinajstić information content (AvgIpc) is 2.65.